The number of anilines is 1. The molecule has 0 radical (unpaired) electrons. The molecule has 0 unspecified atom stereocenters. The van der Waals surface area contributed by atoms with Crippen LogP contribution in [-0.4, -0.2) is 13.6 Å². The van der Waals surface area contributed by atoms with E-state index in [0.717, 1.165) is 26.6 Å². The Bertz CT molecular complexity index is 1080. The predicted molar refractivity (Wildman–Crippen MR) is 110 cm³/mol. The lowest BCUT2D eigenvalue weighted by molar-refractivity contribution is 0.426. The zero-order valence-corrected chi connectivity index (χ0v) is 18.0. The normalized spacial score (nSPS) is 12.0. The van der Waals surface area contributed by atoms with Crippen LogP contribution in [-0.2, 0) is 10.0 Å². The first-order valence-corrected chi connectivity index (χ1v) is 11.1. The number of nitrogens with one attached hydrogen (secondary N) is 1. The molecule has 1 N–H and O–H groups in total. The summed E-state index contributed by atoms with van der Waals surface area (Å²) in [6, 6.07) is 7.48. The summed E-state index contributed by atoms with van der Waals surface area (Å²) < 4.78 is 34.6. The van der Waals surface area contributed by atoms with Gasteiger partial charge in [0.25, 0.3) is 10.0 Å². The van der Waals surface area contributed by atoms with Crippen molar-refractivity contribution in [2.75, 3.05) is 4.72 Å². The quantitative estimate of drug-likeness (QED) is 0.604. The Kier molecular flexibility index (Phi) is 5.18. The summed E-state index contributed by atoms with van der Waals surface area (Å²) in [5.41, 5.74) is 3.91. The summed E-state index contributed by atoms with van der Waals surface area (Å²) in [7, 11) is -3.77. The van der Waals surface area contributed by atoms with Gasteiger partial charge in [-0.2, -0.15) is 0 Å². The highest BCUT2D eigenvalue weighted by molar-refractivity contribution is 7.93. The molecule has 3 rings (SSSR count). The van der Waals surface area contributed by atoms with Gasteiger partial charge < -0.3 is 4.52 Å². The van der Waals surface area contributed by atoms with Crippen LogP contribution in [0.2, 0.25) is 0 Å². The predicted octanol–water partition coefficient (Wildman–Crippen LogP) is 5.56. The Labute approximate surface area is 164 Å². The Morgan fingerprint density at radius 1 is 1.04 bits per heavy atom. The summed E-state index contributed by atoms with van der Waals surface area (Å²) >= 11 is 1.45. The highest BCUT2D eigenvalue weighted by Gasteiger charge is 2.29. The van der Waals surface area contributed by atoms with E-state index < -0.39 is 10.0 Å². The van der Waals surface area contributed by atoms with E-state index in [1.165, 1.54) is 11.3 Å². The van der Waals surface area contributed by atoms with Gasteiger partial charge in [-0.15, -0.1) is 11.3 Å². The van der Waals surface area contributed by atoms with E-state index in [9.17, 15) is 8.42 Å². The van der Waals surface area contributed by atoms with Crippen LogP contribution in [0.25, 0.3) is 11.3 Å². The van der Waals surface area contributed by atoms with E-state index >= 15 is 0 Å². The van der Waals surface area contributed by atoms with Crippen molar-refractivity contribution in [3.8, 4) is 11.3 Å². The molecular formula is C20H24N2O3S2. The average molecular weight is 405 g/mol. The monoisotopic (exact) mass is 404 g/mol. The van der Waals surface area contributed by atoms with Gasteiger partial charge in [-0.1, -0.05) is 31.1 Å². The van der Waals surface area contributed by atoms with Gasteiger partial charge in [-0.25, -0.2) is 8.42 Å². The number of aromatic nitrogens is 1. The van der Waals surface area contributed by atoms with Crippen molar-refractivity contribution in [1.29, 1.82) is 0 Å². The highest BCUT2D eigenvalue weighted by atomic mass is 32.2. The summed E-state index contributed by atoms with van der Waals surface area (Å²) in [4.78, 5) is 1.88. The first-order valence-electron chi connectivity index (χ1n) is 8.77. The first-order chi connectivity index (χ1) is 12.6. The van der Waals surface area contributed by atoms with Gasteiger partial charge >= 0.3 is 0 Å². The average Bonchev–Trinajstić information content (AvgIpc) is 3.06. The smallest absolute Gasteiger partial charge is 0.263 e. The van der Waals surface area contributed by atoms with E-state index in [4.69, 9.17) is 4.52 Å². The maximum atomic E-state index is 13.2. The van der Waals surface area contributed by atoms with Crippen LogP contribution in [0, 0.1) is 27.7 Å². The second-order valence-corrected chi connectivity index (χ2v) is 10.1. The van der Waals surface area contributed by atoms with E-state index in [0.29, 0.717) is 22.9 Å². The molecule has 0 atom stereocenters. The maximum Gasteiger partial charge on any atom is 0.263 e. The van der Waals surface area contributed by atoms with E-state index in [-0.39, 0.29) is 4.90 Å². The molecule has 0 spiro atoms. The molecule has 0 saturated heterocycles. The molecule has 0 amide bonds. The molecule has 0 bridgehead atoms. The van der Waals surface area contributed by atoms with Crippen LogP contribution < -0.4 is 4.72 Å². The Morgan fingerprint density at radius 3 is 2.19 bits per heavy atom. The van der Waals surface area contributed by atoms with Crippen molar-refractivity contribution < 1.29 is 12.9 Å². The fourth-order valence-corrected chi connectivity index (χ4v) is 5.95. The lowest BCUT2D eigenvalue weighted by Crippen LogP contribution is -2.14. The minimum absolute atomic E-state index is 0.261. The summed E-state index contributed by atoms with van der Waals surface area (Å²) in [6.07, 6.45) is 0. The molecule has 0 aliphatic heterocycles. The number of hydrogen-bond acceptors (Lipinski definition) is 5. The van der Waals surface area contributed by atoms with Crippen LogP contribution in [0.3, 0.4) is 0 Å². The summed E-state index contributed by atoms with van der Waals surface area (Å²) in [5.74, 6) is 0.909. The SMILES string of the molecule is Cc1noc(-c2c(C)sc(C)c2S(=O)(=O)Nc2ccc(C(C)C)cc2)c1C. The van der Waals surface area contributed by atoms with Crippen LogP contribution in [0.1, 0.15) is 46.3 Å². The van der Waals surface area contributed by atoms with Gasteiger partial charge in [0, 0.05) is 21.0 Å². The van der Waals surface area contributed by atoms with Crippen LogP contribution in [0.15, 0.2) is 33.7 Å². The lowest BCUT2D eigenvalue weighted by Gasteiger charge is -2.11. The number of thiophene rings is 1. The second kappa shape index (κ2) is 7.13. The standard InChI is InChI=1S/C20H24N2O3S2/c1-11(2)16-7-9-17(10-8-16)22-27(23,24)20-15(6)26-14(5)18(20)19-12(3)13(4)21-25-19/h7-11,22H,1-6H3. The number of hydrogen-bond donors (Lipinski definition) is 1. The molecule has 5 nitrogen and oxygen atoms in total. The largest absolute Gasteiger partial charge is 0.356 e. The van der Waals surface area contributed by atoms with Crippen molar-refractivity contribution in [3.63, 3.8) is 0 Å². The molecule has 1 aromatic carbocycles. The minimum atomic E-state index is -3.77. The molecule has 0 fully saturated rings. The van der Waals surface area contributed by atoms with Crippen molar-refractivity contribution in [2.45, 2.75) is 52.4 Å². The van der Waals surface area contributed by atoms with Crippen LogP contribution >= 0.6 is 11.3 Å². The minimum Gasteiger partial charge on any atom is -0.356 e. The molecular weight excluding hydrogens is 380 g/mol. The maximum absolute atomic E-state index is 13.2. The molecule has 7 heteroatoms. The Morgan fingerprint density at radius 2 is 1.67 bits per heavy atom. The zero-order valence-electron chi connectivity index (χ0n) is 16.4. The van der Waals surface area contributed by atoms with Gasteiger partial charge in [-0.05, 0) is 51.3 Å². The van der Waals surface area contributed by atoms with Gasteiger partial charge in [-0.3, -0.25) is 4.72 Å². The number of rotatable bonds is 5. The number of aryl methyl sites for hydroxylation is 3. The third-order valence-electron chi connectivity index (χ3n) is 4.69. The molecule has 0 saturated carbocycles. The van der Waals surface area contributed by atoms with Gasteiger partial charge in [0.05, 0.1) is 11.3 Å². The van der Waals surface area contributed by atoms with Crippen molar-refractivity contribution in [2.24, 2.45) is 0 Å². The zero-order chi connectivity index (χ0) is 19.9. The second-order valence-electron chi connectivity index (χ2n) is 7.02. The van der Waals surface area contributed by atoms with Gasteiger partial charge in [0.2, 0.25) is 0 Å². The summed E-state index contributed by atoms with van der Waals surface area (Å²) in [5, 5.41) is 3.99. The van der Waals surface area contributed by atoms with Gasteiger partial charge in [0.15, 0.2) is 5.76 Å². The van der Waals surface area contributed by atoms with Crippen molar-refractivity contribution in [1.82, 2.24) is 5.16 Å². The van der Waals surface area contributed by atoms with E-state index in [2.05, 4.69) is 23.7 Å². The van der Waals surface area contributed by atoms with Crippen LogP contribution in [0.5, 0.6) is 0 Å². The van der Waals surface area contributed by atoms with Crippen LogP contribution in [0.4, 0.5) is 5.69 Å². The van der Waals surface area contributed by atoms with Crippen molar-refractivity contribution in [3.05, 3.63) is 50.8 Å². The van der Waals surface area contributed by atoms with Gasteiger partial charge in [0.1, 0.15) is 4.90 Å². The first kappa shape index (κ1) is 19.6. The number of sulfonamides is 1. The fourth-order valence-electron chi connectivity index (χ4n) is 3.04. The molecule has 0 aliphatic rings. The fraction of sp³-hybridized carbons (Fsp3) is 0.350. The van der Waals surface area contributed by atoms with E-state index in [1.54, 1.807) is 12.1 Å². The number of nitrogens with zero attached hydrogens (tertiary/aromatic N) is 1. The molecule has 27 heavy (non-hydrogen) atoms. The third-order valence-corrected chi connectivity index (χ3v) is 7.39. The molecule has 0 aliphatic carbocycles. The summed E-state index contributed by atoms with van der Waals surface area (Å²) in [6.45, 7) is 11.7. The molecule has 2 aromatic heterocycles. The lowest BCUT2D eigenvalue weighted by atomic mass is 10.0. The highest BCUT2D eigenvalue weighted by Crippen LogP contribution is 2.41. The topological polar surface area (TPSA) is 72.2 Å². The third kappa shape index (κ3) is 3.66. The molecule has 3 aromatic rings. The van der Waals surface area contributed by atoms with Crippen molar-refractivity contribution >= 4 is 27.0 Å². The molecule has 144 valence electrons. The Balaban J connectivity index is 2.06. The van der Waals surface area contributed by atoms with E-state index in [1.807, 2.05) is 39.8 Å². The Hall–Kier alpha value is -2.12. The molecule has 2 heterocycles. The number of benzene rings is 1.